The van der Waals surface area contributed by atoms with E-state index in [1.807, 2.05) is 49.4 Å². The Kier molecular flexibility index (Phi) is 6.28. The number of hydrogen-bond acceptors (Lipinski definition) is 7. The summed E-state index contributed by atoms with van der Waals surface area (Å²) in [5.41, 5.74) is 6.99. The molecule has 168 valence electrons. The first-order valence-corrected chi connectivity index (χ1v) is 10.7. The summed E-state index contributed by atoms with van der Waals surface area (Å²) < 4.78 is 6.71. The number of fused-ring (bicyclic) bond motifs is 1. The second-order valence-corrected chi connectivity index (χ2v) is 7.73. The predicted molar refractivity (Wildman–Crippen MR) is 129 cm³/mol. The Bertz CT molecular complexity index is 1390. The fraction of sp³-hybridized carbons (Fsp3) is 0.167. The van der Waals surface area contributed by atoms with Crippen molar-refractivity contribution in [3.63, 3.8) is 0 Å². The van der Waals surface area contributed by atoms with Crippen LogP contribution in [-0.4, -0.2) is 27.1 Å². The molecule has 0 bridgehead atoms. The maximum atomic E-state index is 13.6. The van der Waals surface area contributed by atoms with E-state index in [-0.39, 0.29) is 29.5 Å². The fourth-order valence-electron chi connectivity index (χ4n) is 3.64. The monoisotopic (exact) mass is 463 g/mol. The number of carbonyl (C=O) groups excluding carboxylic acids is 1. The number of nitrogens with zero attached hydrogens (tertiary/aromatic N) is 3. The predicted octanol–water partition coefficient (Wildman–Crippen LogP) is 4.37. The second kappa shape index (κ2) is 9.30. The van der Waals surface area contributed by atoms with Crippen molar-refractivity contribution in [2.45, 2.75) is 19.9 Å². The second-order valence-electron chi connectivity index (χ2n) is 7.33. The number of anilines is 2. The molecule has 4 aromatic rings. The maximum Gasteiger partial charge on any atom is 0.343 e. The van der Waals surface area contributed by atoms with Gasteiger partial charge in [0, 0.05) is 17.6 Å². The van der Waals surface area contributed by atoms with E-state index in [9.17, 15) is 9.59 Å². The smallest absolute Gasteiger partial charge is 0.343 e. The number of aromatic nitrogens is 3. The molecule has 9 heteroatoms. The molecule has 2 aromatic carbocycles. The van der Waals surface area contributed by atoms with Crippen LogP contribution in [0.3, 0.4) is 0 Å². The molecule has 2 heterocycles. The first-order chi connectivity index (χ1) is 15.9. The van der Waals surface area contributed by atoms with E-state index in [0.717, 1.165) is 0 Å². The van der Waals surface area contributed by atoms with Crippen LogP contribution in [0.25, 0.3) is 16.5 Å². The van der Waals surface area contributed by atoms with Crippen LogP contribution in [0.2, 0.25) is 5.02 Å². The molecular weight excluding hydrogens is 442 g/mol. The third-order valence-electron chi connectivity index (χ3n) is 5.14. The van der Waals surface area contributed by atoms with Crippen LogP contribution in [0.1, 0.15) is 35.9 Å². The van der Waals surface area contributed by atoms with Crippen LogP contribution in [0.5, 0.6) is 0 Å². The van der Waals surface area contributed by atoms with Crippen LogP contribution in [-0.2, 0) is 4.74 Å². The highest BCUT2D eigenvalue weighted by atomic mass is 35.5. The third kappa shape index (κ3) is 4.38. The van der Waals surface area contributed by atoms with Gasteiger partial charge in [-0.15, -0.1) is 0 Å². The molecule has 0 aliphatic carbocycles. The molecule has 1 atom stereocenters. The van der Waals surface area contributed by atoms with Gasteiger partial charge < -0.3 is 15.8 Å². The van der Waals surface area contributed by atoms with Crippen LogP contribution < -0.4 is 16.6 Å². The van der Waals surface area contributed by atoms with E-state index in [1.54, 1.807) is 23.6 Å². The standard InChI is InChI=1S/C24H22ClN5O3/c1-3-33-23(32)17-13-27-24(26)29-21(17)28-14(2)19-12-15-8-7-11-18(25)20(15)22(31)30(19)16-9-5-4-6-10-16/h4-14H,3H2,1-2H3,(H3,26,27,28,29). The van der Waals surface area contributed by atoms with Crippen molar-refractivity contribution in [3.8, 4) is 5.69 Å². The highest BCUT2D eigenvalue weighted by Gasteiger charge is 2.21. The molecule has 0 amide bonds. The van der Waals surface area contributed by atoms with Gasteiger partial charge in [-0.3, -0.25) is 9.36 Å². The number of ether oxygens (including phenoxy) is 1. The summed E-state index contributed by atoms with van der Waals surface area (Å²) in [7, 11) is 0. The first-order valence-electron chi connectivity index (χ1n) is 10.4. The van der Waals surface area contributed by atoms with Gasteiger partial charge in [-0.1, -0.05) is 41.9 Å². The Balaban J connectivity index is 1.88. The number of pyridine rings is 1. The number of carbonyl (C=O) groups is 1. The summed E-state index contributed by atoms with van der Waals surface area (Å²) in [4.78, 5) is 34.1. The van der Waals surface area contributed by atoms with Crippen LogP contribution >= 0.6 is 11.6 Å². The van der Waals surface area contributed by atoms with E-state index in [1.165, 1.54) is 6.20 Å². The summed E-state index contributed by atoms with van der Waals surface area (Å²) in [6.45, 7) is 3.78. The number of hydrogen-bond donors (Lipinski definition) is 2. The molecule has 0 spiro atoms. The van der Waals surface area contributed by atoms with Crippen molar-refractivity contribution in [1.82, 2.24) is 14.5 Å². The molecule has 2 aromatic heterocycles. The quantitative estimate of drug-likeness (QED) is 0.408. The topological polar surface area (TPSA) is 112 Å². The molecule has 3 N–H and O–H groups in total. The molecule has 0 fully saturated rings. The fourth-order valence-corrected chi connectivity index (χ4v) is 3.91. The van der Waals surface area contributed by atoms with Gasteiger partial charge in [-0.05, 0) is 43.5 Å². The molecule has 1 unspecified atom stereocenters. The summed E-state index contributed by atoms with van der Waals surface area (Å²) in [5, 5.41) is 4.71. The van der Waals surface area contributed by atoms with Crippen LogP contribution in [0.15, 0.2) is 65.6 Å². The average Bonchev–Trinajstić information content (AvgIpc) is 2.79. The largest absolute Gasteiger partial charge is 0.462 e. The molecule has 0 aliphatic heterocycles. The SMILES string of the molecule is CCOC(=O)c1cnc(N)nc1NC(C)c1cc2cccc(Cl)c2c(=O)n1-c1ccccc1. The molecule has 33 heavy (non-hydrogen) atoms. The highest BCUT2D eigenvalue weighted by Crippen LogP contribution is 2.28. The number of nitrogens with two attached hydrogens (primary N) is 1. The summed E-state index contributed by atoms with van der Waals surface area (Å²) >= 11 is 6.38. The lowest BCUT2D eigenvalue weighted by Gasteiger charge is -2.22. The van der Waals surface area contributed by atoms with Gasteiger partial charge in [0.15, 0.2) is 0 Å². The minimum atomic E-state index is -0.571. The average molecular weight is 464 g/mol. The van der Waals surface area contributed by atoms with Gasteiger partial charge >= 0.3 is 5.97 Å². The molecular formula is C24H22ClN5O3. The van der Waals surface area contributed by atoms with Crippen molar-refractivity contribution < 1.29 is 9.53 Å². The third-order valence-corrected chi connectivity index (χ3v) is 5.45. The number of para-hydroxylation sites is 1. The van der Waals surface area contributed by atoms with Crippen LogP contribution in [0.4, 0.5) is 11.8 Å². The Morgan fingerprint density at radius 3 is 2.70 bits per heavy atom. The minimum Gasteiger partial charge on any atom is -0.462 e. The molecule has 0 radical (unpaired) electrons. The number of esters is 1. The summed E-state index contributed by atoms with van der Waals surface area (Å²) in [6.07, 6.45) is 1.32. The van der Waals surface area contributed by atoms with Gasteiger partial charge in [-0.25, -0.2) is 9.78 Å². The Hall–Kier alpha value is -3.91. The van der Waals surface area contributed by atoms with E-state index in [0.29, 0.717) is 27.2 Å². The van der Waals surface area contributed by atoms with Gasteiger partial charge in [0.2, 0.25) is 5.95 Å². The highest BCUT2D eigenvalue weighted by molar-refractivity contribution is 6.35. The lowest BCUT2D eigenvalue weighted by atomic mass is 10.1. The van der Waals surface area contributed by atoms with Crippen molar-refractivity contribution >= 4 is 40.1 Å². The Morgan fingerprint density at radius 2 is 1.97 bits per heavy atom. The number of nitrogen functional groups attached to an aromatic ring is 1. The lowest BCUT2D eigenvalue weighted by molar-refractivity contribution is 0.0526. The molecule has 0 aliphatic rings. The van der Waals surface area contributed by atoms with E-state index < -0.39 is 12.0 Å². The molecule has 4 rings (SSSR count). The number of benzene rings is 2. The van der Waals surface area contributed by atoms with Crippen molar-refractivity contribution in [2.24, 2.45) is 0 Å². The van der Waals surface area contributed by atoms with Gasteiger partial charge in [0.1, 0.15) is 11.4 Å². The zero-order chi connectivity index (χ0) is 23.5. The normalized spacial score (nSPS) is 11.8. The molecule has 0 saturated carbocycles. The van der Waals surface area contributed by atoms with Gasteiger partial charge in [-0.2, -0.15) is 4.98 Å². The van der Waals surface area contributed by atoms with E-state index >= 15 is 0 Å². The van der Waals surface area contributed by atoms with E-state index in [4.69, 9.17) is 22.1 Å². The van der Waals surface area contributed by atoms with Crippen molar-refractivity contribution in [1.29, 1.82) is 0 Å². The minimum absolute atomic E-state index is 0.00323. The number of rotatable bonds is 6. The first kappa shape index (κ1) is 22.3. The van der Waals surface area contributed by atoms with Crippen molar-refractivity contribution in [3.05, 3.63) is 87.4 Å². The van der Waals surface area contributed by atoms with Gasteiger partial charge in [0.25, 0.3) is 5.56 Å². The lowest BCUT2D eigenvalue weighted by Crippen LogP contribution is -2.26. The zero-order valence-corrected chi connectivity index (χ0v) is 18.8. The number of nitrogens with one attached hydrogen (secondary N) is 1. The Labute approximate surface area is 195 Å². The zero-order valence-electron chi connectivity index (χ0n) is 18.1. The van der Waals surface area contributed by atoms with Crippen LogP contribution in [0, 0.1) is 0 Å². The molecule has 8 nitrogen and oxygen atoms in total. The summed E-state index contributed by atoms with van der Waals surface area (Å²) in [5.74, 6) is -0.354. The summed E-state index contributed by atoms with van der Waals surface area (Å²) in [6, 6.07) is 16.0. The van der Waals surface area contributed by atoms with E-state index in [2.05, 4.69) is 15.3 Å². The molecule has 0 saturated heterocycles. The number of halogens is 1. The van der Waals surface area contributed by atoms with Gasteiger partial charge in [0.05, 0.1) is 23.1 Å². The Morgan fingerprint density at radius 1 is 1.21 bits per heavy atom. The van der Waals surface area contributed by atoms with Crippen molar-refractivity contribution in [2.75, 3.05) is 17.7 Å². The maximum absolute atomic E-state index is 13.6.